The Morgan fingerprint density at radius 2 is 1.88 bits per heavy atom. The minimum absolute atomic E-state index is 0.0474. The van der Waals surface area contributed by atoms with Crippen molar-refractivity contribution in [3.8, 4) is 28.7 Å². The van der Waals surface area contributed by atoms with Gasteiger partial charge in [0.05, 0.1) is 0 Å². The number of ketones is 1. The van der Waals surface area contributed by atoms with Crippen LogP contribution in [0.25, 0.3) is 11.5 Å². The van der Waals surface area contributed by atoms with E-state index in [4.69, 9.17) is 18.6 Å². The summed E-state index contributed by atoms with van der Waals surface area (Å²) < 4.78 is 23.8. The highest BCUT2D eigenvalue weighted by Crippen LogP contribution is 2.33. The zero-order valence-electron chi connectivity index (χ0n) is 17.7. The van der Waals surface area contributed by atoms with Gasteiger partial charge >= 0.3 is 0 Å². The molecular weight excluding hydrogens is 410 g/mol. The first-order valence-electron chi connectivity index (χ1n) is 10.2. The predicted octanol–water partition coefficient (Wildman–Crippen LogP) is 4.19. The average molecular weight is 431 g/mol. The lowest BCUT2D eigenvalue weighted by Crippen LogP contribution is -2.13. The standard InChI is InChI=1S/C24H21N3O5/c1-15-9-20(16(2)27(15)11-17-3-8-22-23(10-17)32-14-31-22)21(28)12-29-19-6-4-18(5-7-19)24-26-25-13-30-24/h3-10,13H,11-12,14H2,1-2H3. The average Bonchev–Trinajstić information content (AvgIpc) is 3.55. The van der Waals surface area contributed by atoms with E-state index in [-0.39, 0.29) is 19.2 Å². The van der Waals surface area contributed by atoms with E-state index < -0.39 is 0 Å². The quantitative estimate of drug-likeness (QED) is 0.405. The number of aryl methyl sites for hydroxylation is 1. The van der Waals surface area contributed by atoms with E-state index >= 15 is 0 Å². The Hall–Kier alpha value is -4.07. The molecule has 162 valence electrons. The van der Waals surface area contributed by atoms with Crippen LogP contribution in [0, 0.1) is 13.8 Å². The van der Waals surface area contributed by atoms with E-state index in [9.17, 15) is 4.79 Å². The van der Waals surface area contributed by atoms with E-state index in [0.29, 0.717) is 23.7 Å². The van der Waals surface area contributed by atoms with Gasteiger partial charge in [-0.15, -0.1) is 10.2 Å². The summed E-state index contributed by atoms with van der Waals surface area (Å²) in [5.41, 5.74) is 4.43. The van der Waals surface area contributed by atoms with Crippen LogP contribution >= 0.6 is 0 Å². The first-order valence-corrected chi connectivity index (χ1v) is 10.2. The summed E-state index contributed by atoms with van der Waals surface area (Å²) in [4.78, 5) is 12.9. The molecule has 0 unspecified atom stereocenters. The maximum absolute atomic E-state index is 12.9. The molecule has 4 aromatic rings. The van der Waals surface area contributed by atoms with Crippen LogP contribution in [0.1, 0.15) is 27.3 Å². The molecule has 0 aliphatic carbocycles. The third-order valence-corrected chi connectivity index (χ3v) is 5.48. The summed E-state index contributed by atoms with van der Waals surface area (Å²) in [5.74, 6) is 2.46. The lowest BCUT2D eigenvalue weighted by molar-refractivity contribution is 0.0920. The number of carbonyl (C=O) groups excluding carboxylic acids is 1. The first kappa shape index (κ1) is 19.9. The molecule has 0 saturated heterocycles. The highest BCUT2D eigenvalue weighted by atomic mass is 16.7. The largest absolute Gasteiger partial charge is 0.485 e. The molecular formula is C24H21N3O5. The smallest absolute Gasteiger partial charge is 0.247 e. The van der Waals surface area contributed by atoms with Crippen molar-refractivity contribution >= 4 is 5.78 Å². The van der Waals surface area contributed by atoms with Crippen molar-refractivity contribution in [2.45, 2.75) is 20.4 Å². The second-order valence-electron chi connectivity index (χ2n) is 7.54. The highest BCUT2D eigenvalue weighted by Gasteiger charge is 2.18. The Labute approximate surface area is 184 Å². The van der Waals surface area contributed by atoms with Gasteiger partial charge in [-0.25, -0.2) is 0 Å². The van der Waals surface area contributed by atoms with Crippen molar-refractivity contribution in [1.29, 1.82) is 0 Å². The molecule has 8 nitrogen and oxygen atoms in total. The first-order chi connectivity index (χ1) is 15.6. The number of aromatic nitrogens is 3. The summed E-state index contributed by atoms with van der Waals surface area (Å²) in [6.45, 7) is 4.78. The number of hydrogen-bond acceptors (Lipinski definition) is 7. The van der Waals surface area contributed by atoms with Crippen molar-refractivity contribution in [3.05, 3.63) is 77.4 Å². The molecule has 0 fully saturated rings. The molecule has 0 radical (unpaired) electrons. The maximum atomic E-state index is 12.9. The van der Waals surface area contributed by atoms with Crippen molar-refractivity contribution < 1.29 is 23.4 Å². The minimum atomic E-state index is -0.0731. The van der Waals surface area contributed by atoms with Crippen molar-refractivity contribution in [3.63, 3.8) is 0 Å². The molecule has 1 aliphatic heterocycles. The van der Waals surface area contributed by atoms with Gasteiger partial charge in [0.15, 0.2) is 18.1 Å². The van der Waals surface area contributed by atoms with Crippen LogP contribution in [0.3, 0.4) is 0 Å². The normalized spacial score (nSPS) is 12.2. The Kier molecular flexibility index (Phi) is 5.10. The van der Waals surface area contributed by atoms with E-state index in [1.165, 1.54) is 6.39 Å². The molecule has 1 aliphatic rings. The molecule has 8 heteroatoms. The van der Waals surface area contributed by atoms with Crippen LogP contribution in [0.5, 0.6) is 17.2 Å². The molecule has 32 heavy (non-hydrogen) atoms. The fraction of sp³-hybridized carbons (Fsp3) is 0.208. The van der Waals surface area contributed by atoms with E-state index in [0.717, 1.165) is 34.0 Å². The lowest BCUT2D eigenvalue weighted by Gasteiger charge is -2.11. The molecule has 5 rings (SSSR count). The SMILES string of the molecule is Cc1cc(C(=O)COc2ccc(-c3nnco3)cc2)c(C)n1Cc1ccc2c(c1)OCO2. The molecule has 0 atom stereocenters. The number of hydrogen-bond donors (Lipinski definition) is 0. The van der Waals surface area contributed by atoms with Gasteiger partial charge in [0, 0.05) is 29.1 Å². The van der Waals surface area contributed by atoms with E-state index in [1.54, 1.807) is 12.1 Å². The van der Waals surface area contributed by atoms with Crippen molar-refractivity contribution in [2.75, 3.05) is 13.4 Å². The number of rotatable bonds is 7. The molecule has 0 N–H and O–H groups in total. The van der Waals surface area contributed by atoms with Gasteiger partial charge in [0.1, 0.15) is 5.75 Å². The van der Waals surface area contributed by atoms with E-state index in [2.05, 4.69) is 14.8 Å². The Balaban J connectivity index is 1.26. The van der Waals surface area contributed by atoms with Gasteiger partial charge in [0.25, 0.3) is 0 Å². The Bertz CT molecular complexity index is 1260. The van der Waals surface area contributed by atoms with Gasteiger partial charge in [-0.3, -0.25) is 4.79 Å². The molecule has 0 amide bonds. The van der Waals surface area contributed by atoms with Crippen LogP contribution in [0.4, 0.5) is 0 Å². The summed E-state index contributed by atoms with van der Waals surface area (Å²) in [6.07, 6.45) is 1.28. The fourth-order valence-corrected chi connectivity index (χ4v) is 3.77. The van der Waals surface area contributed by atoms with E-state index in [1.807, 2.05) is 50.2 Å². The molecule has 0 bridgehead atoms. The number of carbonyl (C=O) groups is 1. The lowest BCUT2D eigenvalue weighted by atomic mass is 10.1. The molecule has 2 aromatic heterocycles. The Morgan fingerprint density at radius 3 is 2.66 bits per heavy atom. The van der Waals surface area contributed by atoms with Crippen LogP contribution in [-0.2, 0) is 6.54 Å². The third-order valence-electron chi connectivity index (χ3n) is 5.48. The topological polar surface area (TPSA) is 88.6 Å². The monoisotopic (exact) mass is 431 g/mol. The predicted molar refractivity (Wildman–Crippen MR) is 115 cm³/mol. The van der Waals surface area contributed by atoms with Gasteiger partial charge in [0.2, 0.25) is 24.9 Å². The fourth-order valence-electron chi connectivity index (χ4n) is 3.77. The van der Waals surface area contributed by atoms with Gasteiger partial charge in [-0.05, 0) is 61.9 Å². The Morgan fingerprint density at radius 1 is 1.06 bits per heavy atom. The van der Waals surface area contributed by atoms with Gasteiger partial charge < -0.3 is 23.2 Å². The summed E-state index contributed by atoms with van der Waals surface area (Å²) >= 11 is 0. The van der Waals surface area contributed by atoms with Gasteiger partial charge in [-0.1, -0.05) is 6.07 Å². The molecule has 3 heterocycles. The third kappa shape index (κ3) is 3.82. The number of fused-ring (bicyclic) bond motifs is 1. The summed E-state index contributed by atoms with van der Waals surface area (Å²) in [5, 5.41) is 7.54. The second-order valence-corrected chi connectivity index (χ2v) is 7.54. The van der Waals surface area contributed by atoms with Crippen LogP contribution < -0.4 is 14.2 Å². The minimum Gasteiger partial charge on any atom is -0.485 e. The zero-order chi connectivity index (χ0) is 22.1. The van der Waals surface area contributed by atoms with Crippen LogP contribution in [-0.4, -0.2) is 33.9 Å². The summed E-state index contributed by atoms with van der Waals surface area (Å²) in [6, 6.07) is 15.0. The van der Waals surface area contributed by atoms with Gasteiger partial charge in [-0.2, -0.15) is 0 Å². The van der Waals surface area contributed by atoms with Crippen LogP contribution in [0.2, 0.25) is 0 Å². The number of ether oxygens (including phenoxy) is 3. The van der Waals surface area contributed by atoms with Crippen LogP contribution in [0.15, 0.2) is 59.3 Å². The molecule has 0 saturated carbocycles. The number of nitrogens with zero attached hydrogens (tertiary/aromatic N) is 3. The highest BCUT2D eigenvalue weighted by molar-refractivity contribution is 5.98. The second kappa shape index (κ2) is 8.22. The number of benzene rings is 2. The van der Waals surface area contributed by atoms with Crippen molar-refractivity contribution in [1.82, 2.24) is 14.8 Å². The summed E-state index contributed by atoms with van der Waals surface area (Å²) in [7, 11) is 0. The van der Waals surface area contributed by atoms with Crippen molar-refractivity contribution in [2.24, 2.45) is 0 Å². The molecule has 0 spiro atoms. The maximum Gasteiger partial charge on any atom is 0.247 e. The number of Topliss-reactive ketones (excluding diaryl/α,β-unsaturated/α-hetero) is 1. The molecule has 2 aromatic carbocycles. The zero-order valence-corrected chi connectivity index (χ0v) is 17.7.